The number of aliphatic hydroxyl groups is 1. The summed E-state index contributed by atoms with van der Waals surface area (Å²) in [6.07, 6.45) is 1.19. The Hall–Kier alpha value is -2.17. The van der Waals surface area contributed by atoms with Gasteiger partial charge in [0.05, 0.1) is 12.7 Å². The van der Waals surface area contributed by atoms with Crippen LogP contribution >= 0.6 is 0 Å². The number of methoxy groups -OCH3 is 1. The van der Waals surface area contributed by atoms with Crippen LogP contribution in [-0.4, -0.2) is 36.1 Å². The molecule has 0 saturated carbocycles. The number of amides is 1. The number of piperidine rings is 1. The van der Waals surface area contributed by atoms with Crippen molar-refractivity contribution in [2.75, 3.05) is 20.2 Å². The molecule has 2 aromatic carbocycles. The molecule has 1 aliphatic rings. The largest absolute Gasteiger partial charge is 0.388 e. The Morgan fingerprint density at radius 3 is 2.36 bits per heavy atom. The molecule has 1 unspecified atom stereocenters. The van der Waals surface area contributed by atoms with Gasteiger partial charge >= 0.3 is 0 Å². The summed E-state index contributed by atoms with van der Waals surface area (Å²) >= 11 is 0. The van der Waals surface area contributed by atoms with E-state index in [1.54, 1.807) is 7.11 Å². The van der Waals surface area contributed by atoms with Crippen LogP contribution in [0.1, 0.15) is 40.4 Å². The third kappa shape index (κ3) is 4.27. The van der Waals surface area contributed by atoms with Crippen LogP contribution in [0.4, 0.5) is 0 Å². The van der Waals surface area contributed by atoms with Crippen molar-refractivity contribution in [1.29, 1.82) is 0 Å². The van der Waals surface area contributed by atoms with Gasteiger partial charge in [0.25, 0.3) is 5.91 Å². The van der Waals surface area contributed by atoms with Crippen molar-refractivity contribution in [3.8, 4) is 0 Å². The molecule has 2 aromatic rings. The number of hydrogen-bond acceptors (Lipinski definition) is 3. The Morgan fingerprint density at radius 2 is 1.76 bits per heavy atom. The Labute approximate surface area is 149 Å². The molecule has 4 nitrogen and oxygen atoms in total. The van der Waals surface area contributed by atoms with E-state index in [-0.39, 0.29) is 11.8 Å². The van der Waals surface area contributed by atoms with Crippen LogP contribution in [-0.2, 0) is 11.3 Å². The van der Waals surface area contributed by atoms with Gasteiger partial charge in [-0.25, -0.2) is 0 Å². The molecule has 1 fully saturated rings. The smallest absolute Gasteiger partial charge is 0.253 e. The normalized spacial score (nSPS) is 16.6. The zero-order valence-corrected chi connectivity index (χ0v) is 14.6. The predicted molar refractivity (Wildman–Crippen MR) is 97.2 cm³/mol. The molecule has 0 spiro atoms. The van der Waals surface area contributed by atoms with Crippen molar-refractivity contribution >= 4 is 5.91 Å². The topological polar surface area (TPSA) is 49.8 Å². The number of likely N-dealkylation sites (tertiary alicyclic amines) is 1. The lowest BCUT2D eigenvalue weighted by atomic mass is 9.87. The van der Waals surface area contributed by atoms with Gasteiger partial charge in [0.2, 0.25) is 0 Å². The van der Waals surface area contributed by atoms with Crippen molar-refractivity contribution in [3.63, 3.8) is 0 Å². The molecule has 25 heavy (non-hydrogen) atoms. The summed E-state index contributed by atoms with van der Waals surface area (Å²) in [5, 5.41) is 10.6. The zero-order valence-electron chi connectivity index (χ0n) is 14.6. The van der Waals surface area contributed by atoms with Crippen LogP contribution in [0.3, 0.4) is 0 Å². The van der Waals surface area contributed by atoms with E-state index in [1.807, 2.05) is 59.5 Å². The van der Waals surface area contributed by atoms with E-state index in [4.69, 9.17) is 4.74 Å². The Balaban J connectivity index is 1.57. The summed E-state index contributed by atoms with van der Waals surface area (Å²) in [6, 6.07) is 17.4. The number of carbonyl (C=O) groups excluding carboxylic acids is 1. The minimum Gasteiger partial charge on any atom is -0.388 e. The van der Waals surface area contributed by atoms with Gasteiger partial charge < -0.3 is 14.7 Å². The summed E-state index contributed by atoms with van der Waals surface area (Å²) in [5.41, 5.74) is 2.73. The second-order valence-electron chi connectivity index (χ2n) is 6.62. The average Bonchev–Trinajstić information content (AvgIpc) is 2.68. The molecule has 1 amide bonds. The number of ether oxygens (including phenoxy) is 1. The Kier molecular flexibility index (Phi) is 5.84. The quantitative estimate of drug-likeness (QED) is 0.908. The van der Waals surface area contributed by atoms with Gasteiger partial charge in [0, 0.05) is 25.8 Å². The fraction of sp³-hybridized carbons (Fsp3) is 0.381. The van der Waals surface area contributed by atoms with Crippen LogP contribution in [0.2, 0.25) is 0 Å². The maximum Gasteiger partial charge on any atom is 0.253 e. The zero-order chi connectivity index (χ0) is 17.6. The van der Waals surface area contributed by atoms with Gasteiger partial charge in [-0.1, -0.05) is 42.5 Å². The van der Waals surface area contributed by atoms with Gasteiger partial charge in [-0.05, 0) is 42.0 Å². The number of benzene rings is 2. The van der Waals surface area contributed by atoms with Crippen LogP contribution in [0.5, 0.6) is 0 Å². The van der Waals surface area contributed by atoms with Crippen molar-refractivity contribution in [3.05, 3.63) is 71.3 Å². The van der Waals surface area contributed by atoms with Gasteiger partial charge in [-0.2, -0.15) is 0 Å². The highest BCUT2D eigenvalue weighted by Crippen LogP contribution is 2.31. The van der Waals surface area contributed by atoms with E-state index in [0.717, 1.165) is 24.0 Å². The van der Waals surface area contributed by atoms with Crippen molar-refractivity contribution in [1.82, 2.24) is 4.90 Å². The average molecular weight is 339 g/mol. The standard InChI is InChI=1S/C21H25NO3/c1-25-15-16-7-9-19(10-8-16)21(24)22-13-11-18(12-14-22)20(23)17-5-3-2-4-6-17/h2-10,18,20,23H,11-15H2,1H3. The first-order chi connectivity index (χ1) is 12.2. The van der Waals surface area contributed by atoms with E-state index in [2.05, 4.69) is 0 Å². The SMILES string of the molecule is COCc1ccc(C(=O)N2CCC(C(O)c3ccccc3)CC2)cc1. The van der Waals surface area contributed by atoms with Crippen molar-refractivity contribution in [2.45, 2.75) is 25.6 Å². The molecule has 1 saturated heterocycles. The number of nitrogens with zero attached hydrogens (tertiary/aromatic N) is 1. The Bertz CT molecular complexity index is 676. The molecule has 1 N–H and O–H groups in total. The number of rotatable bonds is 5. The van der Waals surface area contributed by atoms with E-state index < -0.39 is 6.10 Å². The molecule has 1 heterocycles. The van der Waals surface area contributed by atoms with E-state index in [0.29, 0.717) is 25.3 Å². The molecule has 1 atom stereocenters. The summed E-state index contributed by atoms with van der Waals surface area (Å²) in [7, 11) is 1.66. The molecule has 0 radical (unpaired) electrons. The van der Waals surface area contributed by atoms with Gasteiger partial charge in [-0.3, -0.25) is 4.79 Å². The molecular formula is C21H25NO3. The second kappa shape index (κ2) is 8.28. The lowest BCUT2D eigenvalue weighted by molar-refractivity contribution is 0.0462. The van der Waals surface area contributed by atoms with Gasteiger partial charge in [0.1, 0.15) is 0 Å². The van der Waals surface area contributed by atoms with Crippen LogP contribution in [0.25, 0.3) is 0 Å². The summed E-state index contributed by atoms with van der Waals surface area (Å²) in [6.45, 7) is 1.93. The highest BCUT2D eigenvalue weighted by atomic mass is 16.5. The number of aliphatic hydroxyl groups excluding tert-OH is 1. The monoisotopic (exact) mass is 339 g/mol. The third-order valence-electron chi connectivity index (χ3n) is 4.93. The molecule has 4 heteroatoms. The van der Waals surface area contributed by atoms with Crippen molar-refractivity contribution in [2.24, 2.45) is 5.92 Å². The van der Waals surface area contributed by atoms with Crippen LogP contribution in [0.15, 0.2) is 54.6 Å². The second-order valence-corrected chi connectivity index (χ2v) is 6.62. The number of carbonyl (C=O) groups is 1. The lowest BCUT2D eigenvalue weighted by Gasteiger charge is -2.34. The molecular weight excluding hydrogens is 314 g/mol. The summed E-state index contributed by atoms with van der Waals surface area (Å²) in [4.78, 5) is 14.5. The maximum absolute atomic E-state index is 12.6. The van der Waals surface area contributed by atoms with E-state index >= 15 is 0 Å². The summed E-state index contributed by atoms with van der Waals surface area (Å²) < 4.78 is 5.10. The first kappa shape index (κ1) is 17.6. The van der Waals surface area contributed by atoms with Gasteiger partial charge in [-0.15, -0.1) is 0 Å². The maximum atomic E-state index is 12.6. The fourth-order valence-corrected chi connectivity index (χ4v) is 3.43. The molecule has 132 valence electrons. The first-order valence-corrected chi connectivity index (χ1v) is 8.79. The third-order valence-corrected chi connectivity index (χ3v) is 4.93. The minimum absolute atomic E-state index is 0.0663. The molecule has 0 aliphatic carbocycles. The Morgan fingerprint density at radius 1 is 1.12 bits per heavy atom. The fourth-order valence-electron chi connectivity index (χ4n) is 3.43. The molecule has 1 aliphatic heterocycles. The molecule has 3 rings (SSSR count). The molecule has 0 aromatic heterocycles. The van der Waals surface area contributed by atoms with Crippen molar-refractivity contribution < 1.29 is 14.6 Å². The minimum atomic E-state index is -0.452. The molecule has 0 bridgehead atoms. The van der Waals surface area contributed by atoms with E-state index in [1.165, 1.54) is 0 Å². The van der Waals surface area contributed by atoms with Crippen LogP contribution < -0.4 is 0 Å². The van der Waals surface area contributed by atoms with Gasteiger partial charge in [0.15, 0.2) is 0 Å². The number of hydrogen-bond donors (Lipinski definition) is 1. The highest BCUT2D eigenvalue weighted by Gasteiger charge is 2.28. The predicted octanol–water partition coefficient (Wildman–Crippen LogP) is 3.42. The highest BCUT2D eigenvalue weighted by molar-refractivity contribution is 5.94. The summed E-state index contributed by atoms with van der Waals surface area (Å²) in [5.74, 6) is 0.271. The van der Waals surface area contributed by atoms with E-state index in [9.17, 15) is 9.90 Å². The van der Waals surface area contributed by atoms with Crippen LogP contribution in [0, 0.1) is 5.92 Å². The lowest BCUT2D eigenvalue weighted by Crippen LogP contribution is -2.39. The first-order valence-electron chi connectivity index (χ1n) is 8.79.